The van der Waals surface area contributed by atoms with Gasteiger partial charge in [-0.25, -0.2) is 9.67 Å². The molecular weight excluding hydrogens is 270 g/mol. The molecule has 0 atom stereocenters. The normalized spacial score (nSPS) is 10.7. The molecule has 0 spiro atoms. The number of esters is 1. The molecule has 8 nitrogen and oxygen atoms in total. The van der Waals surface area contributed by atoms with E-state index in [9.17, 15) is 4.79 Å². The number of nitrogens with zero attached hydrogens (tertiary/aromatic N) is 5. The Morgan fingerprint density at radius 1 is 1.47 bits per heavy atom. The maximum absolute atomic E-state index is 11.2. The minimum atomic E-state index is -0.406. The van der Waals surface area contributed by atoms with Gasteiger partial charge in [-0.05, 0) is 24.3 Å². The highest BCUT2D eigenvalue weighted by molar-refractivity contribution is 7.98. The average molecular weight is 283 g/mol. The van der Waals surface area contributed by atoms with Crippen molar-refractivity contribution in [1.82, 2.24) is 25.2 Å². The summed E-state index contributed by atoms with van der Waals surface area (Å²) >= 11 is 1.34. The highest BCUT2D eigenvalue weighted by Crippen LogP contribution is 2.20. The molecule has 0 amide bonds. The van der Waals surface area contributed by atoms with Crippen molar-refractivity contribution in [2.75, 3.05) is 7.11 Å². The zero-order chi connectivity index (χ0) is 13.8. The number of oxazole rings is 1. The molecule has 0 unspecified atom stereocenters. The van der Waals surface area contributed by atoms with Crippen molar-refractivity contribution in [3.05, 3.63) is 17.3 Å². The van der Waals surface area contributed by atoms with Crippen molar-refractivity contribution in [2.45, 2.75) is 31.3 Å². The second-order valence-electron chi connectivity index (χ2n) is 3.73. The monoisotopic (exact) mass is 283 g/mol. The van der Waals surface area contributed by atoms with Crippen molar-refractivity contribution < 1.29 is 13.9 Å². The second kappa shape index (κ2) is 5.83. The maximum Gasteiger partial charge on any atom is 0.327 e. The molecule has 0 bridgehead atoms. The number of aryl methyl sites for hydroxylation is 2. The quantitative estimate of drug-likeness (QED) is 0.585. The third-order valence-electron chi connectivity index (χ3n) is 2.40. The zero-order valence-electron chi connectivity index (χ0n) is 10.8. The van der Waals surface area contributed by atoms with E-state index in [0.717, 1.165) is 11.5 Å². The smallest absolute Gasteiger partial charge is 0.327 e. The second-order valence-corrected chi connectivity index (χ2v) is 4.68. The summed E-state index contributed by atoms with van der Waals surface area (Å²) in [6.07, 6.45) is 0. The highest BCUT2D eigenvalue weighted by atomic mass is 32.2. The lowest BCUT2D eigenvalue weighted by atomic mass is 10.4. The number of tetrazole rings is 1. The Morgan fingerprint density at radius 2 is 2.26 bits per heavy atom. The van der Waals surface area contributed by atoms with Crippen molar-refractivity contribution in [2.24, 2.45) is 0 Å². The largest absolute Gasteiger partial charge is 0.468 e. The molecular formula is C10H13N5O3S. The van der Waals surface area contributed by atoms with Gasteiger partial charge in [0.25, 0.3) is 0 Å². The number of thioether (sulfide) groups is 1. The Labute approximate surface area is 113 Å². The van der Waals surface area contributed by atoms with Crippen molar-refractivity contribution >= 4 is 17.7 Å². The van der Waals surface area contributed by atoms with Crippen LogP contribution in [0.1, 0.15) is 17.3 Å². The zero-order valence-corrected chi connectivity index (χ0v) is 11.6. The number of methoxy groups -OCH3 is 1. The summed E-state index contributed by atoms with van der Waals surface area (Å²) in [5.74, 6) is 1.49. The fourth-order valence-corrected chi connectivity index (χ4v) is 2.03. The summed E-state index contributed by atoms with van der Waals surface area (Å²) in [7, 11) is 1.32. The first-order chi connectivity index (χ1) is 9.10. The molecule has 0 radical (unpaired) electrons. The number of hydrogen-bond acceptors (Lipinski definition) is 8. The van der Waals surface area contributed by atoms with Crippen LogP contribution in [0.2, 0.25) is 0 Å². The molecule has 2 heterocycles. The van der Waals surface area contributed by atoms with Crippen LogP contribution in [0, 0.1) is 13.8 Å². The number of carbonyl (C=O) groups is 1. The predicted molar refractivity (Wildman–Crippen MR) is 65.4 cm³/mol. The van der Waals surface area contributed by atoms with Crippen LogP contribution < -0.4 is 0 Å². The summed E-state index contributed by atoms with van der Waals surface area (Å²) in [6.45, 7) is 3.72. The van der Waals surface area contributed by atoms with Crippen LogP contribution in [-0.2, 0) is 21.8 Å². The fourth-order valence-electron chi connectivity index (χ4n) is 1.31. The third kappa shape index (κ3) is 3.31. The summed E-state index contributed by atoms with van der Waals surface area (Å²) < 4.78 is 11.4. The average Bonchev–Trinajstić information content (AvgIpc) is 2.94. The number of aromatic nitrogens is 5. The molecule has 102 valence electrons. The van der Waals surface area contributed by atoms with Gasteiger partial charge in [0.1, 0.15) is 12.3 Å². The van der Waals surface area contributed by atoms with Crippen LogP contribution in [0.15, 0.2) is 9.57 Å². The van der Waals surface area contributed by atoms with Crippen LogP contribution in [0.4, 0.5) is 0 Å². The lowest BCUT2D eigenvalue weighted by Gasteiger charge is -2.01. The van der Waals surface area contributed by atoms with Crippen LogP contribution >= 0.6 is 11.8 Å². The van der Waals surface area contributed by atoms with Crippen LogP contribution in [-0.4, -0.2) is 38.3 Å². The molecule has 2 aromatic rings. The Bertz CT molecular complexity index is 560. The van der Waals surface area contributed by atoms with E-state index in [4.69, 9.17) is 4.42 Å². The lowest BCUT2D eigenvalue weighted by Crippen LogP contribution is -2.13. The van der Waals surface area contributed by atoms with Crippen molar-refractivity contribution in [1.29, 1.82) is 0 Å². The Balaban J connectivity index is 2.00. The number of hydrogen-bond donors (Lipinski definition) is 0. The van der Waals surface area contributed by atoms with Gasteiger partial charge in [0.2, 0.25) is 11.0 Å². The van der Waals surface area contributed by atoms with E-state index in [1.165, 1.54) is 23.6 Å². The highest BCUT2D eigenvalue weighted by Gasteiger charge is 2.13. The van der Waals surface area contributed by atoms with Gasteiger partial charge in [-0.1, -0.05) is 11.8 Å². The SMILES string of the molecule is COC(=O)Cn1nnnc1SCc1nc(C)c(C)o1. The van der Waals surface area contributed by atoms with Gasteiger partial charge < -0.3 is 9.15 Å². The van der Waals surface area contributed by atoms with E-state index in [-0.39, 0.29) is 6.54 Å². The van der Waals surface area contributed by atoms with E-state index in [2.05, 4.69) is 25.2 Å². The number of ether oxygens (including phenoxy) is 1. The molecule has 0 fully saturated rings. The number of rotatable bonds is 5. The molecule has 2 rings (SSSR count). The van der Waals surface area contributed by atoms with Gasteiger partial charge in [0, 0.05) is 0 Å². The standard InChI is InChI=1S/C10H13N5O3S/c1-6-7(2)18-8(11-6)5-19-10-12-13-14-15(10)4-9(16)17-3/h4-5H2,1-3H3. The Morgan fingerprint density at radius 3 is 2.89 bits per heavy atom. The molecule has 0 saturated carbocycles. The predicted octanol–water partition coefficient (Wildman–Crippen LogP) is 0.743. The molecule has 19 heavy (non-hydrogen) atoms. The van der Waals surface area contributed by atoms with E-state index in [0.29, 0.717) is 16.8 Å². The van der Waals surface area contributed by atoms with E-state index < -0.39 is 5.97 Å². The van der Waals surface area contributed by atoms with Gasteiger partial charge >= 0.3 is 5.97 Å². The molecule has 0 aliphatic rings. The molecule has 0 N–H and O–H groups in total. The van der Waals surface area contributed by atoms with Crippen molar-refractivity contribution in [3.63, 3.8) is 0 Å². The number of carbonyl (C=O) groups excluding carboxylic acids is 1. The van der Waals surface area contributed by atoms with Crippen LogP contribution in [0.25, 0.3) is 0 Å². The summed E-state index contributed by atoms with van der Waals surface area (Å²) in [4.78, 5) is 15.4. The van der Waals surface area contributed by atoms with Crippen LogP contribution in [0.3, 0.4) is 0 Å². The Kier molecular flexibility index (Phi) is 4.15. The Hall–Kier alpha value is -1.90. The minimum Gasteiger partial charge on any atom is -0.468 e. The third-order valence-corrected chi connectivity index (χ3v) is 3.35. The van der Waals surface area contributed by atoms with Crippen molar-refractivity contribution in [3.8, 4) is 0 Å². The van der Waals surface area contributed by atoms with Gasteiger partial charge in [0.05, 0.1) is 18.6 Å². The van der Waals surface area contributed by atoms with E-state index in [1.54, 1.807) is 0 Å². The summed E-state index contributed by atoms with van der Waals surface area (Å²) in [5, 5.41) is 11.6. The summed E-state index contributed by atoms with van der Waals surface area (Å²) in [5.41, 5.74) is 0.866. The molecule has 9 heteroatoms. The van der Waals surface area contributed by atoms with Gasteiger partial charge in [-0.2, -0.15) is 0 Å². The molecule has 0 aromatic carbocycles. The molecule has 0 aliphatic heterocycles. The topological polar surface area (TPSA) is 95.9 Å². The van der Waals surface area contributed by atoms with Gasteiger partial charge in [-0.3, -0.25) is 4.79 Å². The first kappa shape index (κ1) is 13.5. The lowest BCUT2D eigenvalue weighted by molar-refractivity contribution is -0.141. The first-order valence-electron chi connectivity index (χ1n) is 5.49. The first-order valence-corrected chi connectivity index (χ1v) is 6.47. The fraction of sp³-hybridized carbons (Fsp3) is 0.500. The minimum absolute atomic E-state index is 0.0184. The van der Waals surface area contributed by atoms with Gasteiger partial charge in [0.15, 0.2) is 0 Å². The molecule has 0 aliphatic carbocycles. The summed E-state index contributed by atoms with van der Waals surface area (Å²) in [6, 6.07) is 0. The maximum atomic E-state index is 11.2. The van der Waals surface area contributed by atoms with E-state index >= 15 is 0 Å². The molecule has 2 aromatic heterocycles. The van der Waals surface area contributed by atoms with E-state index in [1.807, 2.05) is 13.8 Å². The molecule has 0 saturated heterocycles. The van der Waals surface area contributed by atoms with Gasteiger partial charge in [-0.15, -0.1) is 5.10 Å². The van der Waals surface area contributed by atoms with Crippen LogP contribution in [0.5, 0.6) is 0 Å².